The van der Waals surface area contributed by atoms with E-state index in [2.05, 4.69) is 218 Å². The minimum absolute atomic E-state index is 0.00369. The summed E-state index contributed by atoms with van der Waals surface area (Å²) < 4.78 is 13.1. The highest BCUT2D eigenvalue weighted by molar-refractivity contribution is 7.00. The third-order valence-electron chi connectivity index (χ3n) is 14.1. The molecule has 4 heterocycles. The van der Waals surface area contributed by atoms with E-state index in [1.807, 2.05) is 12.1 Å². The van der Waals surface area contributed by atoms with Gasteiger partial charge in [0.2, 0.25) is 0 Å². The Morgan fingerprint density at radius 2 is 0.892 bits per heavy atom. The van der Waals surface area contributed by atoms with Crippen LogP contribution in [0.3, 0.4) is 0 Å². The lowest BCUT2D eigenvalue weighted by Crippen LogP contribution is -2.61. The van der Waals surface area contributed by atoms with Gasteiger partial charge in [-0.25, -0.2) is 0 Å². The fraction of sp³-hybridized carbons (Fsp3) is 0.200. The maximum atomic E-state index is 6.58. The molecule has 0 saturated heterocycles. The SMILES string of the molecule is CC(C)(C)c1ccc2c(c1)B1c3cc(C(C)(C)C)ccc3N(c3ccc4c(c3)oc3ccccc34)c3cc(C(C)(C)C)cc(c31)N2c1ccc(-c2cccc3c2oc2ccccc23)cc1. The van der Waals surface area contributed by atoms with E-state index in [1.54, 1.807) is 0 Å². The summed E-state index contributed by atoms with van der Waals surface area (Å²) in [5, 5.41) is 4.54. The van der Waals surface area contributed by atoms with Gasteiger partial charge < -0.3 is 18.6 Å². The van der Waals surface area contributed by atoms with Gasteiger partial charge in [0.05, 0.1) is 0 Å². The van der Waals surface area contributed by atoms with E-state index >= 15 is 0 Å². The number of para-hydroxylation sites is 3. The molecule has 0 spiro atoms. The molecule has 10 aromatic rings. The molecule has 65 heavy (non-hydrogen) atoms. The van der Waals surface area contributed by atoms with Crippen molar-refractivity contribution in [1.29, 1.82) is 0 Å². The topological polar surface area (TPSA) is 32.8 Å². The average molecular weight is 845 g/mol. The Balaban J connectivity index is 1.13. The molecular formula is C60H53BN2O2. The van der Waals surface area contributed by atoms with Crippen LogP contribution in [0.25, 0.3) is 55.0 Å². The number of rotatable bonds is 3. The standard InChI is InChI=1S/C60H53BN2O2/c1-58(2,3)37-23-29-49-47(31-37)61-48-32-38(59(4,5)6)24-30-50(48)63(41-27-28-45-43-15-10-12-19-53(43)64-55(45)35-41)52-34-39(60(7,8)9)33-51(56(52)61)62(49)40-25-21-36(22-26-40)42-17-14-18-46-44-16-11-13-20-54(44)65-57(42)46/h10-35H,1-9H3. The third-order valence-corrected chi connectivity index (χ3v) is 14.1. The van der Waals surface area contributed by atoms with Gasteiger partial charge in [-0.1, -0.05) is 153 Å². The lowest BCUT2D eigenvalue weighted by molar-refractivity contribution is 0.590. The molecule has 0 N–H and O–H groups in total. The first-order valence-electron chi connectivity index (χ1n) is 23.1. The quantitative estimate of drug-likeness (QED) is 0.166. The number of anilines is 6. The van der Waals surface area contributed by atoms with Gasteiger partial charge in [0.25, 0.3) is 6.71 Å². The zero-order valence-corrected chi connectivity index (χ0v) is 38.8. The van der Waals surface area contributed by atoms with E-state index in [0.717, 1.165) is 66.4 Å². The Morgan fingerprint density at radius 3 is 1.49 bits per heavy atom. The van der Waals surface area contributed by atoms with Crippen molar-refractivity contribution in [3.05, 3.63) is 174 Å². The second-order valence-corrected chi connectivity index (χ2v) is 21.4. The molecule has 0 atom stereocenters. The first-order valence-corrected chi connectivity index (χ1v) is 23.1. The van der Waals surface area contributed by atoms with Crippen LogP contribution in [0.4, 0.5) is 34.1 Å². The summed E-state index contributed by atoms with van der Waals surface area (Å²) in [6, 6.07) is 58.5. The van der Waals surface area contributed by atoms with Crippen LogP contribution in [0, 0.1) is 0 Å². The lowest BCUT2D eigenvalue weighted by Gasteiger charge is -2.45. The van der Waals surface area contributed by atoms with Crippen LogP contribution in [-0.4, -0.2) is 6.71 Å². The fourth-order valence-electron chi connectivity index (χ4n) is 10.5. The molecule has 8 aromatic carbocycles. The highest BCUT2D eigenvalue weighted by Gasteiger charge is 2.45. The average Bonchev–Trinajstić information content (AvgIpc) is 3.86. The molecule has 4 nitrogen and oxygen atoms in total. The van der Waals surface area contributed by atoms with Crippen LogP contribution >= 0.6 is 0 Å². The normalized spacial score (nSPS) is 13.8. The predicted molar refractivity (Wildman–Crippen MR) is 277 cm³/mol. The Kier molecular flexibility index (Phi) is 8.39. The van der Waals surface area contributed by atoms with E-state index in [-0.39, 0.29) is 23.0 Å². The maximum Gasteiger partial charge on any atom is 0.252 e. The lowest BCUT2D eigenvalue weighted by atomic mass is 9.33. The Morgan fingerprint density at radius 1 is 0.385 bits per heavy atom. The molecule has 318 valence electrons. The number of hydrogen-bond acceptors (Lipinski definition) is 4. The van der Waals surface area contributed by atoms with Crippen LogP contribution in [0.15, 0.2) is 167 Å². The molecule has 0 fully saturated rings. The molecule has 2 aliphatic rings. The van der Waals surface area contributed by atoms with Crippen LogP contribution < -0.4 is 26.2 Å². The van der Waals surface area contributed by atoms with E-state index in [0.29, 0.717) is 0 Å². The minimum atomic E-state index is -0.136. The fourth-order valence-corrected chi connectivity index (χ4v) is 10.5. The number of hydrogen-bond donors (Lipinski definition) is 0. The summed E-state index contributed by atoms with van der Waals surface area (Å²) in [5.74, 6) is 0. The summed E-state index contributed by atoms with van der Waals surface area (Å²) in [6.45, 7) is 21.0. The summed E-state index contributed by atoms with van der Waals surface area (Å²) in [4.78, 5) is 5.06. The zero-order chi connectivity index (χ0) is 44.7. The van der Waals surface area contributed by atoms with Crippen molar-refractivity contribution >= 4 is 101 Å². The molecule has 2 aliphatic heterocycles. The molecule has 0 saturated carbocycles. The number of furan rings is 2. The van der Waals surface area contributed by atoms with Crippen molar-refractivity contribution in [2.45, 2.75) is 78.6 Å². The van der Waals surface area contributed by atoms with E-state index < -0.39 is 0 Å². The molecule has 2 aromatic heterocycles. The van der Waals surface area contributed by atoms with Gasteiger partial charge in [0, 0.05) is 67.3 Å². The van der Waals surface area contributed by atoms with Gasteiger partial charge >= 0.3 is 0 Å². The number of fused-ring (bicyclic) bond motifs is 10. The molecule has 0 radical (unpaired) electrons. The van der Waals surface area contributed by atoms with Gasteiger partial charge in [-0.05, 0) is 116 Å². The summed E-state index contributed by atoms with van der Waals surface area (Å²) in [6.07, 6.45) is 0. The van der Waals surface area contributed by atoms with Gasteiger partial charge in [0.15, 0.2) is 0 Å². The van der Waals surface area contributed by atoms with Crippen molar-refractivity contribution in [3.8, 4) is 11.1 Å². The summed E-state index contributed by atoms with van der Waals surface area (Å²) in [5.41, 5.74) is 20.5. The Hall–Kier alpha value is -6.98. The summed E-state index contributed by atoms with van der Waals surface area (Å²) >= 11 is 0. The first kappa shape index (κ1) is 39.6. The van der Waals surface area contributed by atoms with Crippen molar-refractivity contribution in [2.75, 3.05) is 9.80 Å². The predicted octanol–water partition coefficient (Wildman–Crippen LogP) is 15.1. The van der Waals surface area contributed by atoms with E-state index in [9.17, 15) is 0 Å². The van der Waals surface area contributed by atoms with Crippen molar-refractivity contribution in [1.82, 2.24) is 0 Å². The van der Waals surface area contributed by atoms with Gasteiger partial charge in [0.1, 0.15) is 22.3 Å². The largest absolute Gasteiger partial charge is 0.456 e. The maximum absolute atomic E-state index is 6.58. The second kappa shape index (κ2) is 13.8. The van der Waals surface area contributed by atoms with Gasteiger partial charge in [-0.2, -0.15) is 0 Å². The monoisotopic (exact) mass is 844 g/mol. The zero-order valence-electron chi connectivity index (χ0n) is 38.8. The molecule has 5 heteroatoms. The summed E-state index contributed by atoms with van der Waals surface area (Å²) in [7, 11) is 0. The Labute approximate surface area is 382 Å². The molecule has 0 amide bonds. The first-order chi connectivity index (χ1) is 31.1. The van der Waals surface area contributed by atoms with E-state index in [1.165, 1.54) is 55.8 Å². The van der Waals surface area contributed by atoms with Crippen molar-refractivity contribution < 1.29 is 8.83 Å². The minimum Gasteiger partial charge on any atom is -0.456 e. The smallest absolute Gasteiger partial charge is 0.252 e. The van der Waals surface area contributed by atoms with Crippen LogP contribution in [0.5, 0.6) is 0 Å². The van der Waals surface area contributed by atoms with Crippen molar-refractivity contribution in [2.24, 2.45) is 0 Å². The molecule has 0 aliphatic carbocycles. The van der Waals surface area contributed by atoms with Crippen LogP contribution in [0.1, 0.15) is 79.0 Å². The molecule has 0 unspecified atom stereocenters. The molecule has 0 bridgehead atoms. The highest BCUT2D eigenvalue weighted by Crippen LogP contribution is 2.48. The third kappa shape index (κ3) is 6.12. The van der Waals surface area contributed by atoms with Crippen LogP contribution in [0.2, 0.25) is 0 Å². The molecular weight excluding hydrogens is 791 g/mol. The molecule has 12 rings (SSSR count). The number of benzene rings is 8. The highest BCUT2D eigenvalue weighted by atomic mass is 16.3. The van der Waals surface area contributed by atoms with Crippen LogP contribution in [-0.2, 0) is 16.2 Å². The second-order valence-electron chi connectivity index (χ2n) is 21.4. The van der Waals surface area contributed by atoms with E-state index in [4.69, 9.17) is 8.83 Å². The van der Waals surface area contributed by atoms with Gasteiger partial charge in [-0.15, -0.1) is 0 Å². The Bertz CT molecular complexity index is 3570. The van der Waals surface area contributed by atoms with Crippen molar-refractivity contribution in [3.63, 3.8) is 0 Å². The van der Waals surface area contributed by atoms with Gasteiger partial charge in [-0.3, -0.25) is 0 Å². The number of nitrogens with zero attached hydrogens (tertiary/aromatic N) is 2.